The first-order valence-electron chi connectivity index (χ1n) is 6.52. The van der Waals surface area contributed by atoms with Gasteiger partial charge in [-0.1, -0.05) is 0 Å². The molecule has 2 rings (SSSR count). The summed E-state index contributed by atoms with van der Waals surface area (Å²) < 4.78 is 5.61. The van der Waals surface area contributed by atoms with Crippen molar-refractivity contribution in [1.82, 2.24) is 4.98 Å². The molecule has 1 aromatic rings. The molecule has 2 unspecified atom stereocenters. The number of rotatable bonds is 6. The van der Waals surface area contributed by atoms with Crippen molar-refractivity contribution in [2.45, 2.75) is 57.6 Å². The van der Waals surface area contributed by atoms with Crippen molar-refractivity contribution in [2.24, 2.45) is 5.73 Å². The van der Waals surface area contributed by atoms with Crippen molar-refractivity contribution >= 4 is 11.3 Å². The lowest BCUT2D eigenvalue weighted by molar-refractivity contribution is 0.101. The van der Waals surface area contributed by atoms with Crippen LogP contribution in [0.4, 0.5) is 0 Å². The van der Waals surface area contributed by atoms with E-state index in [2.05, 4.69) is 10.4 Å². The molecule has 17 heavy (non-hydrogen) atoms. The Balaban J connectivity index is 1.61. The van der Waals surface area contributed by atoms with Gasteiger partial charge in [0.1, 0.15) is 0 Å². The van der Waals surface area contributed by atoms with Gasteiger partial charge in [0.2, 0.25) is 0 Å². The van der Waals surface area contributed by atoms with Crippen LogP contribution in [0.2, 0.25) is 0 Å². The maximum atomic E-state index is 6.13. The predicted molar refractivity (Wildman–Crippen MR) is 71.4 cm³/mol. The van der Waals surface area contributed by atoms with Crippen LogP contribution in [0.25, 0.3) is 0 Å². The first kappa shape index (κ1) is 13.0. The van der Waals surface area contributed by atoms with Crippen molar-refractivity contribution < 1.29 is 4.74 Å². The molecular formula is C13H22N2OS. The summed E-state index contributed by atoms with van der Waals surface area (Å²) in [6.45, 7) is 2.98. The molecule has 3 nitrogen and oxygen atoms in total. The molecule has 0 amide bonds. The lowest BCUT2D eigenvalue weighted by Crippen LogP contribution is -2.23. The average Bonchev–Trinajstić information content (AvgIpc) is 2.90. The SMILES string of the molecule is Cc1csc(CC(N)CCCC2CCCO2)n1. The molecule has 2 atom stereocenters. The van der Waals surface area contributed by atoms with Crippen LogP contribution >= 0.6 is 11.3 Å². The zero-order valence-electron chi connectivity index (χ0n) is 10.5. The van der Waals surface area contributed by atoms with Gasteiger partial charge in [-0.05, 0) is 39.0 Å². The summed E-state index contributed by atoms with van der Waals surface area (Å²) in [5, 5.41) is 3.26. The molecule has 1 aliphatic heterocycles. The lowest BCUT2D eigenvalue weighted by Gasteiger charge is -2.12. The van der Waals surface area contributed by atoms with Gasteiger partial charge in [0.15, 0.2) is 0 Å². The fraction of sp³-hybridized carbons (Fsp3) is 0.769. The highest BCUT2D eigenvalue weighted by Crippen LogP contribution is 2.19. The minimum absolute atomic E-state index is 0.252. The molecule has 0 bridgehead atoms. The Kier molecular flexibility index (Phi) is 4.95. The number of aromatic nitrogens is 1. The average molecular weight is 254 g/mol. The maximum Gasteiger partial charge on any atom is 0.0943 e. The number of ether oxygens (including phenoxy) is 1. The van der Waals surface area contributed by atoms with E-state index in [1.165, 1.54) is 30.7 Å². The van der Waals surface area contributed by atoms with Crippen molar-refractivity contribution in [1.29, 1.82) is 0 Å². The van der Waals surface area contributed by atoms with Crippen LogP contribution in [0.3, 0.4) is 0 Å². The third-order valence-electron chi connectivity index (χ3n) is 3.23. The van der Waals surface area contributed by atoms with E-state index in [9.17, 15) is 0 Å². The maximum absolute atomic E-state index is 6.13. The number of hydrogen-bond acceptors (Lipinski definition) is 4. The monoisotopic (exact) mass is 254 g/mol. The van der Waals surface area contributed by atoms with E-state index in [1.807, 2.05) is 6.92 Å². The minimum atomic E-state index is 0.252. The van der Waals surface area contributed by atoms with Crippen molar-refractivity contribution in [2.75, 3.05) is 6.61 Å². The Morgan fingerprint density at radius 2 is 2.53 bits per heavy atom. The smallest absolute Gasteiger partial charge is 0.0943 e. The minimum Gasteiger partial charge on any atom is -0.378 e. The first-order valence-corrected chi connectivity index (χ1v) is 7.40. The zero-order chi connectivity index (χ0) is 12.1. The molecule has 0 radical (unpaired) electrons. The van der Waals surface area contributed by atoms with Gasteiger partial charge in [-0.15, -0.1) is 11.3 Å². The summed E-state index contributed by atoms with van der Waals surface area (Å²) in [6, 6.07) is 0.252. The molecule has 1 aliphatic rings. The van der Waals surface area contributed by atoms with E-state index < -0.39 is 0 Å². The Morgan fingerprint density at radius 3 is 3.18 bits per heavy atom. The van der Waals surface area contributed by atoms with E-state index in [0.29, 0.717) is 6.10 Å². The van der Waals surface area contributed by atoms with E-state index >= 15 is 0 Å². The first-order chi connectivity index (χ1) is 8.24. The topological polar surface area (TPSA) is 48.1 Å². The van der Waals surface area contributed by atoms with Gasteiger partial charge in [-0.2, -0.15) is 0 Å². The normalized spacial score (nSPS) is 21.9. The van der Waals surface area contributed by atoms with Crippen LogP contribution in [-0.2, 0) is 11.2 Å². The lowest BCUT2D eigenvalue weighted by atomic mass is 10.0. The van der Waals surface area contributed by atoms with Crippen molar-refractivity contribution in [3.63, 3.8) is 0 Å². The van der Waals surface area contributed by atoms with Crippen LogP contribution in [0.1, 0.15) is 42.8 Å². The number of aryl methyl sites for hydroxylation is 1. The van der Waals surface area contributed by atoms with Gasteiger partial charge in [0, 0.05) is 30.1 Å². The quantitative estimate of drug-likeness (QED) is 0.849. The van der Waals surface area contributed by atoms with Crippen molar-refractivity contribution in [3.8, 4) is 0 Å². The summed E-state index contributed by atoms with van der Waals surface area (Å²) in [7, 11) is 0. The molecule has 2 heterocycles. The summed E-state index contributed by atoms with van der Waals surface area (Å²) in [5.41, 5.74) is 7.23. The molecular weight excluding hydrogens is 232 g/mol. The van der Waals surface area contributed by atoms with Crippen LogP contribution in [-0.4, -0.2) is 23.7 Å². The van der Waals surface area contributed by atoms with E-state index in [1.54, 1.807) is 11.3 Å². The largest absolute Gasteiger partial charge is 0.378 e. The second-order valence-corrected chi connectivity index (χ2v) is 5.86. The van der Waals surface area contributed by atoms with Gasteiger partial charge < -0.3 is 10.5 Å². The highest BCUT2D eigenvalue weighted by Gasteiger charge is 2.15. The second kappa shape index (κ2) is 6.47. The molecule has 0 aliphatic carbocycles. The number of nitrogens with two attached hydrogens (primary N) is 1. The Labute approximate surface area is 107 Å². The van der Waals surface area contributed by atoms with E-state index in [0.717, 1.165) is 25.1 Å². The summed E-state index contributed by atoms with van der Waals surface area (Å²) >= 11 is 1.72. The van der Waals surface area contributed by atoms with E-state index in [-0.39, 0.29) is 6.04 Å². The fourth-order valence-electron chi connectivity index (χ4n) is 2.30. The zero-order valence-corrected chi connectivity index (χ0v) is 11.3. The van der Waals surface area contributed by atoms with Gasteiger partial charge in [0.25, 0.3) is 0 Å². The molecule has 1 fully saturated rings. The molecule has 4 heteroatoms. The Bertz CT molecular complexity index is 334. The van der Waals surface area contributed by atoms with Crippen LogP contribution in [0.5, 0.6) is 0 Å². The van der Waals surface area contributed by atoms with Gasteiger partial charge in [-0.3, -0.25) is 0 Å². The Morgan fingerprint density at radius 1 is 1.65 bits per heavy atom. The summed E-state index contributed by atoms with van der Waals surface area (Å²) in [6.07, 6.45) is 7.32. The summed E-state index contributed by atoms with van der Waals surface area (Å²) in [4.78, 5) is 4.45. The Hall–Kier alpha value is -0.450. The highest BCUT2D eigenvalue weighted by molar-refractivity contribution is 7.09. The molecule has 0 saturated carbocycles. The van der Waals surface area contributed by atoms with Crippen LogP contribution in [0.15, 0.2) is 5.38 Å². The molecule has 1 saturated heterocycles. The predicted octanol–water partition coefficient (Wildman–Crippen LogP) is 2.67. The van der Waals surface area contributed by atoms with E-state index in [4.69, 9.17) is 10.5 Å². The van der Waals surface area contributed by atoms with Crippen LogP contribution in [0, 0.1) is 6.92 Å². The van der Waals surface area contributed by atoms with Gasteiger partial charge >= 0.3 is 0 Å². The standard InChI is InChI=1S/C13H22N2OS/c1-10-9-17-13(15-10)8-11(14)4-2-5-12-6-3-7-16-12/h9,11-12H,2-8,14H2,1H3. The number of hydrogen-bond donors (Lipinski definition) is 1. The highest BCUT2D eigenvalue weighted by atomic mass is 32.1. The van der Waals surface area contributed by atoms with Crippen LogP contribution < -0.4 is 5.73 Å². The molecule has 0 aromatic carbocycles. The fourth-order valence-corrected chi connectivity index (χ4v) is 3.17. The second-order valence-electron chi connectivity index (χ2n) is 4.91. The molecule has 2 N–H and O–H groups in total. The third kappa shape index (κ3) is 4.37. The number of nitrogens with zero attached hydrogens (tertiary/aromatic N) is 1. The molecule has 96 valence electrons. The number of thiazole rings is 1. The molecule has 1 aromatic heterocycles. The van der Waals surface area contributed by atoms with Gasteiger partial charge in [-0.25, -0.2) is 4.98 Å². The van der Waals surface area contributed by atoms with Gasteiger partial charge in [0.05, 0.1) is 11.1 Å². The molecule has 0 spiro atoms. The third-order valence-corrected chi connectivity index (χ3v) is 4.22. The summed E-state index contributed by atoms with van der Waals surface area (Å²) in [5.74, 6) is 0. The van der Waals surface area contributed by atoms with Crippen molar-refractivity contribution in [3.05, 3.63) is 16.1 Å².